The van der Waals surface area contributed by atoms with Crippen LogP contribution in [0, 0.1) is 13.8 Å². The highest BCUT2D eigenvalue weighted by atomic mass is 16.5. The quantitative estimate of drug-likeness (QED) is 0.862. The van der Waals surface area contributed by atoms with Crippen LogP contribution < -0.4 is 11.2 Å². The number of nitrogens with zero attached hydrogens (tertiary/aromatic N) is 1. The molecular weight excluding hydrogens is 320 g/mol. The topological polar surface area (TPSA) is 81.2 Å². The number of aryl methyl sites for hydroxylation is 2. The third-order valence-electron chi connectivity index (χ3n) is 4.14. The Morgan fingerprint density at radius 2 is 1.76 bits per heavy atom. The van der Waals surface area contributed by atoms with Crippen LogP contribution in [0.1, 0.15) is 43.0 Å². The maximum atomic E-state index is 12.0. The van der Waals surface area contributed by atoms with Gasteiger partial charge in [-0.3, -0.25) is 19.1 Å². The fourth-order valence-corrected chi connectivity index (χ4v) is 2.56. The second-order valence-electron chi connectivity index (χ2n) is 7.24. The predicted octanol–water partition coefficient (Wildman–Crippen LogP) is 2.19. The number of aromatic nitrogens is 2. The smallest absolute Gasteiger partial charge is 0.328 e. The van der Waals surface area contributed by atoms with Gasteiger partial charge in [0.05, 0.1) is 0 Å². The highest BCUT2D eigenvalue weighted by Gasteiger charge is 2.17. The van der Waals surface area contributed by atoms with Crippen LogP contribution >= 0.6 is 0 Å². The molecule has 0 aliphatic rings. The first-order valence-corrected chi connectivity index (χ1v) is 8.14. The number of rotatable bonds is 4. The Morgan fingerprint density at radius 3 is 2.28 bits per heavy atom. The van der Waals surface area contributed by atoms with Gasteiger partial charge in [-0.25, -0.2) is 4.79 Å². The van der Waals surface area contributed by atoms with Gasteiger partial charge in [-0.2, -0.15) is 0 Å². The van der Waals surface area contributed by atoms with Gasteiger partial charge in [-0.1, -0.05) is 32.9 Å². The number of benzene rings is 1. The Morgan fingerprint density at radius 1 is 1.16 bits per heavy atom. The van der Waals surface area contributed by atoms with Gasteiger partial charge < -0.3 is 4.74 Å². The summed E-state index contributed by atoms with van der Waals surface area (Å²) in [7, 11) is 0. The van der Waals surface area contributed by atoms with E-state index in [2.05, 4.69) is 37.9 Å². The lowest BCUT2D eigenvalue weighted by Gasteiger charge is -2.22. The number of carbonyl (C=O) groups excluding carboxylic acids is 1. The van der Waals surface area contributed by atoms with Crippen molar-refractivity contribution in [2.24, 2.45) is 0 Å². The third-order valence-corrected chi connectivity index (χ3v) is 4.14. The zero-order chi connectivity index (χ0) is 18.8. The highest BCUT2D eigenvalue weighted by molar-refractivity contribution is 5.69. The van der Waals surface area contributed by atoms with Crippen molar-refractivity contribution >= 4 is 5.97 Å². The van der Waals surface area contributed by atoms with Crippen LogP contribution in [-0.2, 0) is 28.1 Å². The van der Waals surface area contributed by atoms with Crippen molar-refractivity contribution < 1.29 is 9.53 Å². The second-order valence-corrected chi connectivity index (χ2v) is 7.24. The van der Waals surface area contributed by atoms with Crippen LogP contribution in [0.25, 0.3) is 0 Å². The molecule has 0 aliphatic heterocycles. The van der Waals surface area contributed by atoms with E-state index in [4.69, 9.17) is 4.74 Å². The van der Waals surface area contributed by atoms with Crippen molar-refractivity contribution in [2.45, 2.75) is 53.2 Å². The summed E-state index contributed by atoms with van der Waals surface area (Å²) in [5, 5.41) is 0. The second kappa shape index (κ2) is 7.09. The van der Waals surface area contributed by atoms with Gasteiger partial charge in [0, 0.05) is 12.3 Å². The number of esters is 1. The minimum absolute atomic E-state index is 0.0517. The van der Waals surface area contributed by atoms with E-state index in [9.17, 15) is 14.4 Å². The summed E-state index contributed by atoms with van der Waals surface area (Å²) in [5.41, 5.74) is 3.26. The predicted molar refractivity (Wildman–Crippen MR) is 95.7 cm³/mol. The molecule has 0 aliphatic carbocycles. The lowest BCUT2D eigenvalue weighted by Crippen LogP contribution is -2.31. The van der Waals surface area contributed by atoms with E-state index >= 15 is 0 Å². The first kappa shape index (κ1) is 18.7. The van der Waals surface area contributed by atoms with E-state index in [-0.39, 0.29) is 18.6 Å². The molecule has 1 heterocycles. The number of aromatic amines is 1. The normalized spacial score (nSPS) is 11.4. The van der Waals surface area contributed by atoms with Crippen molar-refractivity contribution in [3.8, 4) is 0 Å². The minimum atomic E-state index is -0.633. The summed E-state index contributed by atoms with van der Waals surface area (Å²) < 4.78 is 6.42. The molecule has 0 unspecified atom stereocenters. The highest BCUT2D eigenvalue weighted by Crippen LogP contribution is 2.27. The maximum absolute atomic E-state index is 12.0. The van der Waals surface area contributed by atoms with Gasteiger partial charge in [0.15, 0.2) is 0 Å². The molecule has 0 bridgehead atoms. The first-order valence-electron chi connectivity index (χ1n) is 8.14. The molecule has 1 aromatic carbocycles. The summed E-state index contributed by atoms with van der Waals surface area (Å²) in [5.74, 6) is -0.534. The fraction of sp³-hybridized carbons (Fsp3) is 0.421. The number of ether oxygens (including phenoxy) is 1. The van der Waals surface area contributed by atoms with Gasteiger partial charge >= 0.3 is 11.7 Å². The zero-order valence-corrected chi connectivity index (χ0v) is 15.3. The van der Waals surface area contributed by atoms with Gasteiger partial charge in [0.2, 0.25) is 0 Å². The van der Waals surface area contributed by atoms with E-state index in [1.54, 1.807) is 0 Å². The molecule has 0 radical (unpaired) electrons. The van der Waals surface area contributed by atoms with Gasteiger partial charge in [0.25, 0.3) is 5.56 Å². The van der Waals surface area contributed by atoms with Crippen LogP contribution in [0.4, 0.5) is 0 Å². The summed E-state index contributed by atoms with van der Waals surface area (Å²) in [6.45, 7) is 10.4. The van der Waals surface area contributed by atoms with E-state index in [1.165, 1.54) is 17.8 Å². The molecule has 0 fully saturated rings. The Bertz CT molecular complexity index is 878. The molecule has 25 heavy (non-hydrogen) atoms. The van der Waals surface area contributed by atoms with Crippen molar-refractivity contribution in [1.82, 2.24) is 9.55 Å². The van der Waals surface area contributed by atoms with Crippen molar-refractivity contribution in [3.05, 3.63) is 67.5 Å². The van der Waals surface area contributed by atoms with Gasteiger partial charge in [0.1, 0.15) is 13.2 Å². The maximum Gasteiger partial charge on any atom is 0.328 e. The first-order chi connectivity index (χ1) is 11.6. The van der Waals surface area contributed by atoms with E-state index < -0.39 is 17.2 Å². The van der Waals surface area contributed by atoms with Crippen LogP contribution in [0.15, 0.2) is 34.0 Å². The SMILES string of the molecule is Cc1cc(C(C)(C)C)cc(C)c1COC(=O)Cn1ccc(=O)[nH]c1=O. The number of H-pyrrole nitrogens is 1. The van der Waals surface area contributed by atoms with Crippen LogP contribution in [0.3, 0.4) is 0 Å². The molecular formula is C19H24N2O4. The standard InChI is InChI=1S/C19H24N2O4/c1-12-8-14(19(3,4)5)9-13(2)15(12)11-25-17(23)10-21-7-6-16(22)20-18(21)24/h6-9H,10-11H2,1-5H3,(H,20,22,24). The lowest BCUT2D eigenvalue weighted by molar-refractivity contribution is -0.145. The van der Waals surface area contributed by atoms with Crippen LogP contribution in [0.5, 0.6) is 0 Å². The molecule has 0 saturated heterocycles. The molecule has 0 saturated carbocycles. The molecule has 0 atom stereocenters. The average molecular weight is 344 g/mol. The van der Waals surface area contributed by atoms with E-state index in [0.29, 0.717) is 0 Å². The minimum Gasteiger partial charge on any atom is -0.459 e. The van der Waals surface area contributed by atoms with E-state index in [1.807, 2.05) is 13.8 Å². The lowest BCUT2D eigenvalue weighted by atomic mass is 9.84. The zero-order valence-electron chi connectivity index (χ0n) is 15.3. The average Bonchev–Trinajstić information content (AvgIpc) is 2.48. The summed E-state index contributed by atoms with van der Waals surface area (Å²) in [4.78, 5) is 36.7. The Kier molecular flexibility index (Phi) is 5.30. The Labute approximate surface area is 146 Å². The molecule has 0 spiro atoms. The largest absolute Gasteiger partial charge is 0.459 e. The van der Waals surface area contributed by atoms with Gasteiger partial charge in [-0.05, 0) is 41.5 Å². The van der Waals surface area contributed by atoms with Crippen LogP contribution in [0.2, 0.25) is 0 Å². The summed E-state index contributed by atoms with van der Waals surface area (Å²) in [6.07, 6.45) is 1.27. The Hall–Kier alpha value is -2.63. The summed E-state index contributed by atoms with van der Waals surface area (Å²) >= 11 is 0. The fourth-order valence-electron chi connectivity index (χ4n) is 2.56. The number of carbonyl (C=O) groups is 1. The van der Waals surface area contributed by atoms with Crippen LogP contribution in [-0.4, -0.2) is 15.5 Å². The van der Waals surface area contributed by atoms with E-state index in [0.717, 1.165) is 21.3 Å². The third kappa shape index (κ3) is 4.68. The molecule has 2 rings (SSSR count). The number of nitrogens with one attached hydrogen (secondary N) is 1. The monoisotopic (exact) mass is 344 g/mol. The number of hydrogen-bond donors (Lipinski definition) is 1. The van der Waals surface area contributed by atoms with Crippen molar-refractivity contribution in [2.75, 3.05) is 0 Å². The molecule has 2 aromatic rings. The molecule has 0 amide bonds. The van der Waals surface area contributed by atoms with Gasteiger partial charge in [-0.15, -0.1) is 0 Å². The van der Waals surface area contributed by atoms with Crippen molar-refractivity contribution in [3.63, 3.8) is 0 Å². The Balaban J connectivity index is 2.09. The molecule has 1 aromatic heterocycles. The molecule has 6 heteroatoms. The molecule has 134 valence electrons. The van der Waals surface area contributed by atoms with Crippen molar-refractivity contribution in [1.29, 1.82) is 0 Å². The summed E-state index contributed by atoms with van der Waals surface area (Å²) in [6, 6.07) is 5.42. The molecule has 1 N–H and O–H groups in total. The molecule has 6 nitrogen and oxygen atoms in total. The number of hydrogen-bond acceptors (Lipinski definition) is 4.